The van der Waals surface area contributed by atoms with Crippen LogP contribution in [0.3, 0.4) is 0 Å². The minimum atomic E-state index is -2.74. The van der Waals surface area contributed by atoms with Crippen LogP contribution >= 0.6 is 0 Å². The predicted octanol–water partition coefficient (Wildman–Crippen LogP) is 1.83. The number of carbonyl (C=O) groups excluding carboxylic acids is 2. The Bertz CT molecular complexity index is 1020. The minimum absolute atomic E-state index is 0.0373. The molecule has 0 saturated heterocycles. The van der Waals surface area contributed by atoms with Gasteiger partial charge < -0.3 is 20.8 Å². The van der Waals surface area contributed by atoms with E-state index in [1.807, 2.05) is 0 Å². The molecule has 0 bridgehead atoms. The lowest BCUT2D eigenvalue weighted by molar-refractivity contribution is -0.126. The van der Waals surface area contributed by atoms with Crippen LogP contribution in [-0.2, 0) is 11.3 Å². The van der Waals surface area contributed by atoms with Crippen LogP contribution in [0, 0.1) is 17.2 Å². The molecule has 33 heavy (non-hydrogen) atoms. The van der Waals surface area contributed by atoms with E-state index in [9.17, 15) is 33.0 Å². The fraction of sp³-hybridized carbons (Fsp3) is 0.591. The van der Waals surface area contributed by atoms with Gasteiger partial charge in [-0.05, 0) is 17.4 Å². The lowest BCUT2D eigenvalue weighted by atomic mass is 9.81. The molecule has 1 saturated carbocycles. The Hall–Kier alpha value is -2.66. The van der Waals surface area contributed by atoms with E-state index in [2.05, 4.69) is 15.7 Å². The lowest BCUT2D eigenvalue weighted by Crippen LogP contribution is -2.56. The van der Waals surface area contributed by atoms with Crippen molar-refractivity contribution in [2.45, 2.75) is 58.2 Å². The van der Waals surface area contributed by atoms with E-state index in [1.165, 1.54) is 22.9 Å². The molecule has 3 rings (SSSR count). The number of hydrogen-bond donors (Lipinski definition) is 4. The molecule has 0 spiro atoms. The zero-order valence-electron chi connectivity index (χ0n) is 18.7. The molecule has 1 fully saturated rings. The molecule has 1 aromatic carbocycles. The molecule has 182 valence electrons. The number of aliphatic hydroxyl groups is 2. The van der Waals surface area contributed by atoms with Crippen molar-refractivity contribution in [3.63, 3.8) is 0 Å². The number of para-hydroxylation sites is 1. The Morgan fingerprint density at radius 1 is 1.21 bits per heavy atom. The Morgan fingerprint density at radius 3 is 2.39 bits per heavy atom. The number of alkyl halides is 2. The lowest BCUT2D eigenvalue weighted by Gasteiger charge is -2.34. The molecule has 11 heteroatoms. The van der Waals surface area contributed by atoms with Crippen LogP contribution in [0.2, 0.25) is 0 Å². The fourth-order valence-corrected chi connectivity index (χ4v) is 3.96. The maximum absolute atomic E-state index is 14.6. The molecule has 1 heterocycles. The summed E-state index contributed by atoms with van der Waals surface area (Å²) >= 11 is 0. The first-order chi connectivity index (χ1) is 15.4. The van der Waals surface area contributed by atoms with Gasteiger partial charge in [-0.3, -0.25) is 14.3 Å². The third kappa shape index (κ3) is 5.47. The number of halogens is 3. The zero-order chi connectivity index (χ0) is 24.6. The second kappa shape index (κ2) is 9.30. The molecule has 1 aromatic heterocycles. The second-order valence-electron chi connectivity index (χ2n) is 9.64. The van der Waals surface area contributed by atoms with Gasteiger partial charge in [-0.15, -0.1) is 0 Å². The van der Waals surface area contributed by atoms with Crippen molar-refractivity contribution in [3.05, 3.63) is 29.7 Å². The third-order valence-electron chi connectivity index (χ3n) is 5.73. The van der Waals surface area contributed by atoms with E-state index in [4.69, 9.17) is 0 Å². The Labute approximate surface area is 189 Å². The van der Waals surface area contributed by atoms with Crippen molar-refractivity contribution < 1.29 is 33.0 Å². The number of nitrogens with one attached hydrogen (secondary N) is 2. The van der Waals surface area contributed by atoms with Gasteiger partial charge in [0, 0.05) is 24.8 Å². The maximum atomic E-state index is 14.6. The van der Waals surface area contributed by atoms with Crippen molar-refractivity contribution in [2.24, 2.45) is 11.3 Å². The molecule has 1 atom stereocenters. The van der Waals surface area contributed by atoms with Crippen LogP contribution < -0.4 is 10.6 Å². The van der Waals surface area contributed by atoms with Crippen molar-refractivity contribution >= 4 is 22.7 Å². The van der Waals surface area contributed by atoms with Gasteiger partial charge in [0.1, 0.15) is 17.4 Å². The molecular formula is C22H29F3N4O4. The van der Waals surface area contributed by atoms with Gasteiger partial charge in [-0.2, -0.15) is 5.10 Å². The van der Waals surface area contributed by atoms with Gasteiger partial charge in [-0.1, -0.05) is 32.9 Å². The highest BCUT2D eigenvalue weighted by Crippen LogP contribution is 2.43. The second-order valence-corrected chi connectivity index (χ2v) is 9.64. The number of carbonyl (C=O) groups is 2. The van der Waals surface area contributed by atoms with E-state index in [0.29, 0.717) is 0 Å². The third-order valence-corrected chi connectivity index (χ3v) is 5.73. The summed E-state index contributed by atoms with van der Waals surface area (Å²) in [5, 5.41) is 28.0. The van der Waals surface area contributed by atoms with Gasteiger partial charge in [0.05, 0.1) is 19.3 Å². The summed E-state index contributed by atoms with van der Waals surface area (Å²) in [5.74, 6) is -5.11. The SMILES string of the molecule is CC(C)(C)C(NC(=O)c1nn(CC2CC(F)(F)C2)c2c(F)cccc12)C(=O)NC(CO)CO. The van der Waals surface area contributed by atoms with E-state index in [0.717, 1.165) is 0 Å². The molecule has 2 aromatic rings. The molecule has 1 aliphatic carbocycles. The quantitative estimate of drug-likeness (QED) is 0.470. The summed E-state index contributed by atoms with van der Waals surface area (Å²) in [6, 6.07) is 2.16. The first-order valence-corrected chi connectivity index (χ1v) is 10.7. The van der Waals surface area contributed by atoms with Crippen molar-refractivity contribution in [2.75, 3.05) is 13.2 Å². The van der Waals surface area contributed by atoms with Crippen LogP contribution in [-0.4, -0.2) is 63.0 Å². The molecule has 0 radical (unpaired) electrons. The molecular weight excluding hydrogens is 441 g/mol. The van der Waals surface area contributed by atoms with Crippen LogP contribution in [0.4, 0.5) is 13.2 Å². The minimum Gasteiger partial charge on any atom is -0.394 e. The van der Waals surface area contributed by atoms with E-state index >= 15 is 0 Å². The highest BCUT2D eigenvalue weighted by molar-refractivity contribution is 6.06. The highest BCUT2D eigenvalue weighted by atomic mass is 19.3. The average molecular weight is 470 g/mol. The molecule has 0 aliphatic heterocycles. The molecule has 1 unspecified atom stereocenters. The van der Waals surface area contributed by atoms with E-state index in [1.54, 1.807) is 20.8 Å². The highest BCUT2D eigenvalue weighted by Gasteiger charge is 2.45. The van der Waals surface area contributed by atoms with Crippen LogP contribution in [0.1, 0.15) is 44.1 Å². The molecule has 1 aliphatic rings. The van der Waals surface area contributed by atoms with Gasteiger partial charge in [0.25, 0.3) is 5.91 Å². The maximum Gasteiger partial charge on any atom is 0.273 e. The number of aromatic nitrogens is 2. The fourth-order valence-electron chi connectivity index (χ4n) is 3.96. The number of fused-ring (bicyclic) bond motifs is 1. The number of amides is 2. The number of benzene rings is 1. The summed E-state index contributed by atoms with van der Waals surface area (Å²) in [4.78, 5) is 25.9. The summed E-state index contributed by atoms with van der Waals surface area (Å²) in [7, 11) is 0. The van der Waals surface area contributed by atoms with Gasteiger partial charge >= 0.3 is 0 Å². The summed E-state index contributed by atoms with van der Waals surface area (Å²) in [5.41, 5.74) is -0.843. The number of aliphatic hydroxyl groups excluding tert-OH is 2. The smallest absolute Gasteiger partial charge is 0.273 e. The largest absolute Gasteiger partial charge is 0.394 e. The van der Waals surface area contributed by atoms with Crippen molar-refractivity contribution in [1.82, 2.24) is 20.4 Å². The van der Waals surface area contributed by atoms with Gasteiger partial charge in [0.2, 0.25) is 11.8 Å². The number of rotatable bonds is 8. The van der Waals surface area contributed by atoms with Crippen molar-refractivity contribution in [3.8, 4) is 0 Å². The van der Waals surface area contributed by atoms with E-state index < -0.39 is 54.3 Å². The summed E-state index contributed by atoms with van der Waals surface area (Å²) in [6.07, 6.45) is -0.652. The van der Waals surface area contributed by atoms with Crippen molar-refractivity contribution in [1.29, 1.82) is 0 Å². The molecule has 8 nitrogen and oxygen atoms in total. The Morgan fingerprint density at radius 2 is 1.85 bits per heavy atom. The average Bonchev–Trinajstić information content (AvgIpc) is 3.07. The molecule has 2 amide bonds. The first-order valence-electron chi connectivity index (χ1n) is 10.7. The molecule has 4 N–H and O–H groups in total. The monoisotopic (exact) mass is 470 g/mol. The number of hydrogen-bond acceptors (Lipinski definition) is 5. The summed E-state index contributed by atoms with van der Waals surface area (Å²) in [6.45, 7) is 4.23. The van der Waals surface area contributed by atoms with E-state index in [-0.39, 0.29) is 41.9 Å². The zero-order valence-corrected chi connectivity index (χ0v) is 18.7. The standard InChI is InChI=1S/C22H29F3N4O4/c1-21(2,3)18(20(33)26-13(10-30)11-31)27-19(32)16-14-5-4-6-15(23)17(14)29(28-16)9-12-7-22(24,25)8-12/h4-6,12-13,18,30-31H,7-11H2,1-3H3,(H,26,33)(H,27,32). The summed E-state index contributed by atoms with van der Waals surface area (Å²) < 4.78 is 42.3. The first kappa shape index (κ1) is 25.0. The van der Waals surface area contributed by atoms with Gasteiger partial charge in [0.15, 0.2) is 5.69 Å². The predicted molar refractivity (Wildman–Crippen MR) is 114 cm³/mol. The topological polar surface area (TPSA) is 116 Å². The van der Waals surface area contributed by atoms with Crippen LogP contribution in [0.15, 0.2) is 18.2 Å². The number of nitrogens with zero attached hydrogens (tertiary/aromatic N) is 2. The Balaban J connectivity index is 1.89. The normalized spacial score (nSPS) is 17.1. The van der Waals surface area contributed by atoms with Gasteiger partial charge in [-0.25, -0.2) is 13.2 Å². The van der Waals surface area contributed by atoms with Crippen LogP contribution in [0.5, 0.6) is 0 Å². The Kier molecular flexibility index (Phi) is 7.04. The van der Waals surface area contributed by atoms with Crippen LogP contribution in [0.25, 0.3) is 10.9 Å².